The molecule has 0 unspecified atom stereocenters. The standard InChI is InChI=1S/C25H26N6O2S/c1-17(2)31-22(33)12-11-20(30-31)24-23(18-8-4-3-5-9-18)29-25(34-24)28-21(32)13-15-26-16-19-10-6-7-14-27-19/h3-12,14,17,26H,13,15-16H2,1-2H3,(H,28,29,32). The average molecular weight is 475 g/mol. The van der Waals surface area contributed by atoms with Crippen molar-refractivity contribution >= 4 is 22.4 Å². The lowest BCUT2D eigenvalue weighted by Gasteiger charge is -2.09. The molecule has 8 nitrogen and oxygen atoms in total. The largest absolute Gasteiger partial charge is 0.311 e. The van der Waals surface area contributed by atoms with E-state index in [9.17, 15) is 9.59 Å². The quantitative estimate of drug-likeness (QED) is 0.354. The summed E-state index contributed by atoms with van der Waals surface area (Å²) in [5.41, 5.74) is 3.04. The Morgan fingerprint density at radius 2 is 1.85 bits per heavy atom. The molecule has 9 heteroatoms. The van der Waals surface area contributed by atoms with E-state index in [1.807, 2.05) is 62.4 Å². The predicted molar refractivity (Wildman–Crippen MR) is 135 cm³/mol. The molecule has 2 N–H and O–H groups in total. The molecular formula is C25H26N6O2S. The summed E-state index contributed by atoms with van der Waals surface area (Å²) in [5.74, 6) is -0.131. The van der Waals surface area contributed by atoms with Gasteiger partial charge in [-0.2, -0.15) is 5.10 Å². The second-order valence-corrected chi connectivity index (χ2v) is 8.95. The summed E-state index contributed by atoms with van der Waals surface area (Å²) < 4.78 is 1.45. The number of carbonyl (C=O) groups excluding carboxylic acids is 1. The molecule has 4 aromatic rings. The predicted octanol–water partition coefficient (Wildman–Crippen LogP) is 4.13. The molecule has 0 saturated carbocycles. The van der Waals surface area contributed by atoms with Crippen LogP contribution < -0.4 is 16.2 Å². The number of amides is 1. The number of hydrogen-bond donors (Lipinski definition) is 2. The number of carbonyl (C=O) groups is 1. The normalized spacial score (nSPS) is 11.0. The van der Waals surface area contributed by atoms with Gasteiger partial charge >= 0.3 is 0 Å². The fourth-order valence-electron chi connectivity index (χ4n) is 3.36. The minimum absolute atomic E-state index is 0.0710. The number of thiazole rings is 1. The molecule has 1 amide bonds. The summed E-state index contributed by atoms with van der Waals surface area (Å²) >= 11 is 1.35. The van der Waals surface area contributed by atoms with E-state index in [1.165, 1.54) is 22.1 Å². The second-order valence-electron chi connectivity index (χ2n) is 7.95. The first-order chi connectivity index (χ1) is 16.5. The Bertz CT molecular complexity index is 1300. The van der Waals surface area contributed by atoms with Gasteiger partial charge in [0, 0.05) is 37.3 Å². The molecule has 0 bridgehead atoms. The zero-order chi connectivity index (χ0) is 23.9. The van der Waals surface area contributed by atoms with Gasteiger partial charge in [0.25, 0.3) is 5.56 Å². The molecule has 34 heavy (non-hydrogen) atoms. The van der Waals surface area contributed by atoms with Crippen LogP contribution in [0.15, 0.2) is 71.7 Å². The van der Waals surface area contributed by atoms with Gasteiger partial charge in [-0.3, -0.25) is 14.6 Å². The number of hydrogen-bond acceptors (Lipinski definition) is 7. The first-order valence-corrected chi connectivity index (χ1v) is 11.9. The molecule has 3 heterocycles. The highest BCUT2D eigenvalue weighted by Crippen LogP contribution is 2.38. The molecule has 174 valence electrons. The van der Waals surface area contributed by atoms with Crippen LogP contribution in [-0.2, 0) is 11.3 Å². The second kappa shape index (κ2) is 11.0. The number of aromatic nitrogens is 4. The lowest BCUT2D eigenvalue weighted by molar-refractivity contribution is -0.116. The summed E-state index contributed by atoms with van der Waals surface area (Å²) in [6, 6.07) is 18.6. The SMILES string of the molecule is CC(C)n1nc(-c2sc(NC(=O)CCNCc3ccccn3)nc2-c2ccccc2)ccc1=O. The lowest BCUT2D eigenvalue weighted by atomic mass is 10.1. The molecule has 4 rings (SSSR count). The maximum absolute atomic E-state index is 12.5. The van der Waals surface area contributed by atoms with Crippen LogP contribution in [0.4, 0.5) is 5.13 Å². The van der Waals surface area contributed by atoms with E-state index in [2.05, 4.69) is 20.7 Å². The van der Waals surface area contributed by atoms with E-state index in [0.717, 1.165) is 21.8 Å². The summed E-state index contributed by atoms with van der Waals surface area (Å²) in [7, 11) is 0. The van der Waals surface area contributed by atoms with Crippen LogP contribution in [0.5, 0.6) is 0 Å². The number of rotatable bonds is 9. The van der Waals surface area contributed by atoms with Gasteiger partial charge in [-0.25, -0.2) is 9.67 Å². The smallest absolute Gasteiger partial charge is 0.267 e. The first-order valence-electron chi connectivity index (χ1n) is 11.1. The molecule has 0 aliphatic rings. The van der Waals surface area contributed by atoms with Gasteiger partial charge in [-0.1, -0.05) is 47.7 Å². The Morgan fingerprint density at radius 3 is 2.59 bits per heavy atom. The van der Waals surface area contributed by atoms with Gasteiger partial charge in [0.2, 0.25) is 5.91 Å². The van der Waals surface area contributed by atoms with Crippen molar-refractivity contribution < 1.29 is 4.79 Å². The molecular weight excluding hydrogens is 448 g/mol. The monoisotopic (exact) mass is 474 g/mol. The Hall–Kier alpha value is -3.69. The van der Waals surface area contributed by atoms with Gasteiger partial charge in [0.1, 0.15) is 5.69 Å². The van der Waals surface area contributed by atoms with Gasteiger partial charge < -0.3 is 10.6 Å². The zero-order valence-electron chi connectivity index (χ0n) is 19.1. The molecule has 0 atom stereocenters. The molecule has 0 aliphatic heterocycles. The Balaban J connectivity index is 1.51. The van der Waals surface area contributed by atoms with Crippen LogP contribution >= 0.6 is 11.3 Å². The summed E-state index contributed by atoms with van der Waals surface area (Å²) in [5, 5.41) is 11.2. The van der Waals surface area contributed by atoms with E-state index >= 15 is 0 Å². The fourth-order valence-corrected chi connectivity index (χ4v) is 4.33. The summed E-state index contributed by atoms with van der Waals surface area (Å²) in [4.78, 5) is 34.5. The van der Waals surface area contributed by atoms with Crippen molar-refractivity contribution in [2.45, 2.75) is 32.9 Å². The molecule has 0 saturated heterocycles. The molecule has 1 aromatic carbocycles. The van der Waals surface area contributed by atoms with Gasteiger partial charge in [-0.15, -0.1) is 0 Å². The van der Waals surface area contributed by atoms with Crippen molar-refractivity contribution in [2.75, 3.05) is 11.9 Å². The Labute approximate surface area is 201 Å². The zero-order valence-corrected chi connectivity index (χ0v) is 19.9. The van der Waals surface area contributed by atoms with Gasteiger partial charge in [0.15, 0.2) is 5.13 Å². The van der Waals surface area contributed by atoms with E-state index in [0.29, 0.717) is 30.3 Å². The summed E-state index contributed by atoms with van der Waals surface area (Å²) in [6.45, 7) is 4.95. The summed E-state index contributed by atoms with van der Waals surface area (Å²) in [6.07, 6.45) is 2.05. The lowest BCUT2D eigenvalue weighted by Crippen LogP contribution is -2.23. The average Bonchev–Trinajstić information content (AvgIpc) is 3.27. The maximum atomic E-state index is 12.5. The number of nitrogens with one attached hydrogen (secondary N) is 2. The number of anilines is 1. The topological polar surface area (TPSA) is 102 Å². The minimum atomic E-state index is -0.156. The Kier molecular flexibility index (Phi) is 7.56. The molecule has 0 spiro atoms. The van der Waals surface area contributed by atoms with E-state index in [4.69, 9.17) is 4.98 Å². The highest BCUT2D eigenvalue weighted by molar-refractivity contribution is 7.19. The Morgan fingerprint density at radius 1 is 1.06 bits per heavy atom. The van der Waals surface area contributed by atoms with Gasteiger partial charge in [0.05, 0.1) is 22.3 Å². The third-order valence-electron chi connectivity index (χ3n) is 5.03. The molecule has 3 aromatic heterocycles. The van der Waals surface area contributed by atoms with Crippen LogP contribution in [0.1, 0.15) is 32.0 Å². The van der Waals surface area contributed by atoms with E-state index in [-0.39, 0.29) is 17.5 Å². The minimum Gasteiger partial charge on any atom is -0.311 e. The van der Waals surface area contributed by atoms with Crippen LogP contribution in [-0.4, -0.2) is 32.2 Å². The first kappa shape index (κ1) is 23.5. The molecule has 0 radical (unpaired) electrons. The third-order valence-corrected chi connectivity index (χ3v) is 6.02. The van der Waals surface area contributed by atoms with Crippen LogP contribution in [0.2, 0.25) is 0 Å². The van der Waals surface area contributed by atoms with Crippen LogP contribution in [0.3, 0.4) is 0 Å². The fraction of sp³-hybridized carbons (Fsp3) is 0.240. The van der Waals surface area contributed by atoms with Gasteiger partial charge in [-0.05, 0) is 32.0 Å². The van der Waals surface area contributed by atoms with E-state index < -0.39 is 0 Å². The van der Waals surface area contributed by atoms with Crippen molar-refractivity contribution in [1.29, 1.82) is 0 Å². The molecule has 0 fully saturated rings. The van der Waals surface area contributed by atoms with Crippen LogP contribution in [0.25, 0.3) is 21.8 Å². The van der Waals surface area contributed by atoms with Crippen molar-refractivity contribution in [2.24, 2.45) is 0 Å². The number of nitrogens with zero attached hydrogens (tertiary/aromatic N) is 4. The highest BCUT2D eigenvalue weighted by atomic mass is 32.1. The van der Waals surface area contributed by atoms with Crippen LogP contribution in [0, 0.1) is 0 Å². The van der Waals surface area contributed by atoms with Crippen molar-refractivity contribution in [3.8, 4) is 21.8 Å². The van der Waals surface area contributed by atoms with Crippen molar-refractivity contribution in [1.82, 2.24) is 25.1 Å². The third kappa shape index (κ3) is 5.81. The van der Waals surface area contributed by atoms with Crippen molar-refractivity contribution in [3.05, 3.63) is 82.9 Å². The van der Waals surface area contributed by atoms with E-state index in [1.54, 1.807) is 12.3 Å². The molecule has 0 aliphatic carbocycles. The maximum Gasteiger partial charge on any atom is 0.267 e. The number of pyridine rings is 1. The number of benzene rings is 1. The van der Waals surface area contributed by atoms with Crippen molar-refractivity contribution in [3.63, 3.8) is 0 Å². The highest BCUT2D eigenvalue weighted by Gasteiger charge is 2.18.